The Morgan fingerprint density at radius 1 is 1.21 bits per heavy atom. The topological polar surface area (TPSA) is 73.2 Å². The van der Waals surface area contributed by atoms with Crippen LogP contribution in [0.3, 0.4) is 0 Å². The van der Waals surface area contributed by atoms with E-state index in [1.165, 1.54) is 11.8 Å². The first-order valence-corrected chi connectivity index (χ1v) is 10.5. The minimum Gasteiger partial charge on any atom is -0.495 e. The molecule has 0 saturated heterocycles. The normalized spacial score (nSPS) is 12.0. The third kappa shape index (κ3) is 4.79. The molecule has 1 amide bonds. The Morgan fingerprint density at radius 3 is 2.69 bits per heavy atom. The van der Waals surface area contributed by atoms with Crippen LogP contribution in [0.25, 0.3) is 10.9 Å². The van der Waals surface area contributed by atoms with Crippen molar-refractivity contribution in [2.45, 2.75) is 43.6 Å². The molecule has 0 aliphatic rings. The first kappa shape index (κ1) is 20.9. The van der Waals surface area contributed by atoms with E-state index in [2.05, 4.69) is 17.2 Å². The van der Waals surface area contributed by atoms with E-state index < -0.39 is 5.25 Å². The molecule has 0 radical (unpaired) electrons. The first-order valence-electron chi connectivity index (χ1n) is 9.65. The number of ether oxygens (including phenoxy) is 1. The lowest BCUT2D eigenvalue weighted by atomic mass is 10.2. The van der Waals surface area contributed by atoms with Gasteiger partial charge in [-0.1, -0.05) is 49.4 Å². The lowest BCUT2D eigenvalue weighted by molar-refractivity contribution is -0.115. The maximum atomic E-state index is 13.0. The van der Waals surface area contributed by atoms with Gasteiger partial charge in [0.2, 0.25) is 5.91 Å². The maximum absolute atomic E-state index is 13.0. The van der Waals surface area contributed by atoms with Gasteiger partial charge in [0, 0.05) is 6.54 Å². The number of para-hydroxylation sites is 3. The number of methoxy groups -OCH3 is 1. The van der Waals surface area contributed by atoms with Gasteiger partial charge in [-0.15, -0.1) is 0 Å². The van der Waals surface area contributed by atoms with E-state index in [0.717, 1.165) is 12.8 Å². The number of nitrogens with zero attached hydrogens (tertiary/aromatic N) is 2. The van der Waals surface area contributed by atoms with Gasteiger partial charge in [-0.2, -0.15) is 0 Å². The van der Waals surface area contributed by atoms with Crippen LogP contribution in [-0.2, 0) is 11.3 Å². The van der Waals surface area contributed by atoms with E-state index in [4.69, 9.17) is 4.74 Å². The van der Waals surface area contributed by atoms with E-state index in [1.807, 2.05) is 30.3 Å². The van der Waals surface area contributed by atoms with Crippen molar-refractivity contribution >= 4 is 34.3 Å². The van der Waals surface area contributed by atoms with Crippen LogP contribution in [0.15, 0.2) is 58.5 Å². The van der Waals surface area contributed by atoms with Crippen molar-refractivity contribution < 1.29 is 9.53 Å². The molecule has 1 heterocycles. The van der Waals surface area contributed by atoms with Crippen molar-refractivity contribution in [2.75, 3.05) is 12.4 Å². The highest BCUT2D eigenvalue weighted by Gasteiger charge is 2.20. The lowest BCUT2D eigenvalue weighted by Crippen LogP contribution is -2.27. The van der Waals surface area contributed by atoms with Crippen LogP contribution in [0, 0.1) is 0 Å². The van der Waals surface area contributed by atoms with Gasteiger partial charge in [-0.05, 0) is 37.6 Å². The molecule has 3 aromatic rings. The molecular weight excluding hydrogens is 386 g/mol. The van der Waals surface area contributed by atoms with Gasteiger partial charge in [-0.3, -0.25) is 14.2 Å². The molecule has 0 aliphatic heterocycles. The van der Waals surface area contributed by atoms with E-state index in [1.54, 1.807) is 36.8 Å². The number of anilines is 1. The molecule has 0 saturated carbocycles. The van der Waals surface area contributed by atoms with Crippen LogP contribution in [-0.4, -0.2) is 27.8 Å². The molecule has 0 spiro atoms. The molecule has 2 aromatic carbocycles. The van der Waals surface area contributed by atoms with Gasteiger partial charge in [0.25, 0.3) is 5.56 Å². The van der Waals surface area contributed by atoms with Crippen molar-refractivity contribution in [3.05, 3.63) is 58.9 Å². The van der Waals surface area contributed by atoms with Crippen LogP contribution in [0.1, 0.15) is 26.7 Å². The number of unbranched alkanes of at least 4 members (excludes halogenated alkanes) is 1. The van der Waals surface area contributed by atoms with Crippen molar-refractivity contribution in [2.24, 2.45) is 0 Å². The molecule has 6 nitrogen and oxygen atoms in total. The SMILES string of the molecule is CCCCn1c(S[C@H](C)C(=O)Nc2ccccc2OC)nc2ccccc2c1=O. The highest BCUT2D eigenvalue weighted by Crippen LogP contribution is 2.27. The average Bonchev–Trinajstić information content (AvgIpc) is 2.74. The fourth-order valence-electron chi connectivity index (χ4n) is 2.94. The molecule has 29 heavy (non-hydrogen) atoms. The summed E-state index contributed by atoms with van der Waals surface area (Å²) in [5, 5.41) is 3.61. The molecule has 1 atom stereocenters. The maximum Gasteiger partial charge on any atom is 0.262 e. The average molecular weight is 412 g/mol. The summed E-state index contributed by atoms with van der Waals surface area (Å²) in [5.41, 5.74) is 1.19. The summed E-state index contributed by atoms with van der Waals surface area (Å²) in [7, 11) is 1.56. The molecule has 0 fully saturated rings. The van der Waals surface area contributed by atoms with E-state index in [0.29, 0.717) is 34.0 Å². The molecule has 7 heteroatoms. The third-order valence-electron chi connectivity index (χ3n) is 4.58. The van der Waals surface area contributed by atoms with Gasteiger partial charge >= 0.3 is 0 Å². The summed E-state index contributed by atoms with van der Waals surface area (Å²) >= 11 is 1.29. The fraction of sp³-hybridized carbons (Fsp3) is 0.318. The zero-order valence-electron chi connectivity index (χ0n) is 16.8. The number of fused-ring (bicyclic) bond motifs is 1. The Morgan fingerprint density at radius 2 is 1.93 bits per heavy atom. The van der Waals surface area contributed by atoms with Gasteiger partial charge < -0.3 is 10.1 Å². The zero-order valence-corrected chi connectivity index (χ0v) is 17.7. The Balaban J connectivity index is 1.87. The quantitative estimate of drug-likeness (QED) is 0.441. The summed E-state index contributed by atoms with van der Waals surface area (Å²) in [5.74, 6) is 0.422. The van der Waals surface area contributed by atoms with Crippen molar-refractivity contribution in [3.8, 4) is 5.75 Å². The van der Waals surface area contributed by atoms with Crippen LogP contribution < -0.4 is 15.6 Å². The number of carbonyl (C=O) groups excluding carboxylic acids is 1. The van der Waals surface area contributed by atoms with Gasteiger partial charge in [0.1, 0.15) is 5.75 Å². The number of nitrogens with one attached hydrogen (secondary N) is 1. The summed E-state index contributed by atoms with van der Waals surface area (Å²) in [4.78, 5) is 30.4. The van der Waals surface area contributed by atoms with Gasteiger partial charge in [0.05, 0.1) is 29.0 Å². The molecular formula is C22H25N3O3S. The van der Waals surface area contributed by atoms with Crippen molar-refractivity contribution in [3.63, 3.8) is 0 Å². The Hall–Kier alpha value is -2.80. The first-order chi connectivity index (χ1) is 14.0. The standard InChI is InChI=1S/C22H25N3O3S/c1-4-5-14-25-21(27)16-10-6-7-11-17(16)24-22(25)29-15(2)20(26)23-18-12-8-9-13-19(18)28-3/h6-13,15H,4-5,14H2,1-3H3,(H,23,26)/t15-/m1/s1. The Kier molecular flexibility index (Phi) is 6.93. The second kappa shape index (κ2) is 9.60. The fourth-order valence-corrected chi connectivity index (χ4v) is 3.88. The highest BCUT2D eigenvalue weighted by molar-refractivity contribution is 8.00. The third-order valence-corrected chi connectivity index (χ3v) is 5.67. The predicted molar refractivity (Wildman–Crippen MR) is 118 cm³/mol. The molecule has 1 N–H and O–H groups in total. The number of amides is 1. The van der Waals surface area contributed by atoms with E-state index in [-0.39, 0.29) is 11.5 Å². The van der Waals surface area contributed by atoms with Crippen LogP contribution in [0.5, 0.6) is 5.75 Å². The highest BCUT2D eigenvalue weighted by atomic mass is 32.2. The molecule has 0 unspecified atom stereocenters. The minimum absolute atomic E-state index is 0.0658. The van der Waals surface area contributed by atoms with Crippen LogP contribution >= 0.6 is 11.8 Å². The smallest absolute Gasteiger partial charge is 0.262 e. The van der Waals surface area contributed by atoms with Gasteiger partial charge in [0.15, 0.2) is 5.16 Å². The second-order valence-electron chi connectivity index (χ2n) is 6.67. The summed E-state index contributed by atoms with van der Waals surface area (Å²) in [6.45, 7) is 4.47. The van der Waals surface area contributed by atoms with Crippen molar-refractivity contribution in [1.29, 1.82) is 0 Å². The Labute approximate surface area is 174 Å². The molecule has 0 bridgehead atoms. The molecule has 1 aromatic heterocycles. The van der Waals surface area contributed by atoms with E-state index in [9.17, 15) is 9.59 Å². The van der Waals surface area contributed by atoms with Crippen LogP contribution in [0.2, 0.25) is 0 Å². The zero-order chi connectivity index (χ0) is 20.8. The number of hydrogen-bond donors (Lipinski definition) is 1. The lowest BCUT2D eigenvalue weighted by Gasteiger charge is -2.17. The number of hydrogen-bond acceptors (Lipinski definition) is 5. The predicted octanol–water partition coefficient (Wildman–Crippen LogP) is 4.32. The number of carbonyl (C=O) groups is 1. The monoisotopic (exact) mass is 411 g/mol. The molecule has 3 rings (SSSR count). The molecule has 152 valence electrons. The summed E-state index contributed by atoms with van der Waals surface area (Å²) in [6.07, 6.45) is 1.84. The van der Waals surface area contributed by atoms with E-state index >= 15 is 0 Å². The van der Waals surface area contributed by atoms with Crippen molar-refractivity contribution in [1.82, 2.24) is 9.55 Å². The Bertz CT molecular complexity index is 1060. The minimum atomic E-state index is -0.444. The molecule has 0 aliphatic carbocycles. The largest absolute Gasteiger partial charge is 0.495 e. The summed E-state index contributed by atoms with van der Waals surface area (Å²) < 4.78 is 6.98. The number of aromatic nitrogens is 2. The van der Waals surface area contributed by atoms with Crippen LogP contribution in [0.4, 0.5) is 5.69 Å². The number of benzene rings is 2. The summed E-state index contributed by atoms with van der Waals surface area (Å²) in [6, 6.07) is 14.6. The number of thioether (sulfide) groups is 1. The van der Waals surface area contributed by atoms with Gasteiger partial charge in [-0.25, -0.2) is 4.98 Å². The second-order valence-corrected chi connectivity index (χ2v) is 7.98. The number of rotatable bonds is 8.